The Balaban J connectivity index is 2.12. The molecular formula is C18H13N3O2. The van der Waals surface area contributed by atoms with Crippen molar-refractivity contribution in [2.75, 3.05) is 0 Å². The van der Waals surface area contributed by atoms with E-state index < -0.39 is 5.97 Å². The zero-order chi connectivity index (χ0) is 16.2. The standard InChI is InChI=1S/C18H13N3O2/c19-11-13-5-4-8-15(9-13)17-10-16(14-6-2-1-3-7-14)20-21(17)12-18(22)23/h1-10H,12H2,(H,22,23). The van der Waals surface area contributed by atoms with Crippen LogP contribution in [0.5, 0.6) is 0 Å². The number of carboxylic acids is 1. The fourth-order valence-electron chi connectivity index (χ4n) is 2.40. The fraction of sp³-hybridized carbons (Fsp3) is 0.0556. The second kappa shape index (κ2) is 6.16. The summed E-state index contributed by atoms with van der Waals surface area (Å²) < 4.78 is 1.45. The summed E-state index contributed by atoms with van der Waals surface area (Å²) in [7, 11) is 0. The van der Waals surface area contributed by atoms with Gasteiger partial charge in [0.2, 0.25) is 0 Å². The minimum Gasteiger partial charge on any atom is -0.480 e. The molecule has 0 saturated heterocycles. The summed E-state index contributed by atoms with van der Waals surface area (Å²) in [6.45, 7) is -0.237. The number of hydrogen-bond acceptors (Lipinski definition) is 3. The molecule has 1 aromatic heterocycles. The molecule has 0 spiro atoms. The van der Waals surface area contributed by atoms with Crippen LogP contribution in [0.25, 0.3) is 22.5 Å². The Kier molecular flexibility index (Phi) is 3.89. The van der Waals surface area contributed by atoms with Gasteiger partial charge in [0.1, 0.15) is 6.54 Å². The van der Waals surface area contributed by atoms with E-state index in [-0.39, 0.29) is 6.54 Å². The van der Waals surface area contributed by atoms with Gasteiger partial charge >= 0.3 is 5.97 Å². The van der Waals surface area contributed by atoms with Crippen molar-refractivity contribution in [3.63, 3.8) is 0 Å². The van der Waals surface area contributed by atoms with Crippen LogP contribution < -0.4 is 0 Å². The maximum absolute atomic E-state index is 11.1. The molecule has 0 fully saturated rings. The highest BCUT2D eigenvalue weighted by Gasteiger charge is 2.14. The van der Waals surface area contributed by atoms with Gasteiger partial charge in [-0.05, 0) is 18.2 Å². The van der Waals surface area contributed by atoms with Crippen molar-refractivity contribution in [2.24, 2.45) is 0 Å². The first-order chi connectivity index (χ1) is 11.2. The SMILES string of the molecule is N#Cc1cccc(-c2cc(-c3ccccc3)nn2CC(=O)O)c1. The normalized spacial score (nSPS) is 10.2. The molecule has 0 atom stereocenters. The average molecular weight is 303 g/mol. The largest absolute Gasteiger partial charge is 0.480 e. The van der Waals surface area contributed by atoms with Crippen LogP contribution in [0.2, 0.25) is 0 Å². The van der Waals surface area contributed by atoms with Gasteiger partial charge in [-0.2, -0.15) is 10.4 Å². The average Bonchev–Trinajstić information content (AvgIpc) is 2.99. The van der Waals surface area contributed by atoms with E-state index in [9.17, 15) is 4.79 Å². The molecule has 3 aromatic rings. The predicted molar refractivity (Wildman–Crippen MR) is 85.4 cm³/mol. The minimum atomic E-state index is -0.967. The third-order valence-corrected chi connectivity index (χ3v) is 3.42. The van der Waals surface area contributed by atoms with Gasteiger partial charge in [0.25, 0.3) is 0 Å². The van der Waals surface area contributed by atoms with E-state index in [1.54, 1.807) is 18.2 Å². The van der Waals surface area contributed by atoms with Gasteiger partial charge in [-0.3, -0.25) is 9.48 Å². The quantitative estimate of drug-likeness (QED) is 0.803. The Hall–Kier alpha value is -3.39. The number of aliphatic carboxylic acids is 1. The lowest BCUT2D eigenvalue weighted by molar-refractivity contribution is -0.137. The van der Waals surface area contributed by atoms with Crippen molar-refractivity contribution in [3.05, 3.63) is 66.2 Å². The molecule has 1 heterocycles. The van der Waals surface area contributed by atoms with E-state index in [1.807, 2.05) is 42.5 Å². The van der Waals surface area contributed by atoms with Crippen molar-refractivity contribution in [1.29, 1.82) is 5.26 Å². The van der Waals surface area contributed by atoms with Crippen LogP contribution in [-0.2, 0) is 11.3 Å². The molecule has 0 bridgehead atoms. The number of nitriles is 1. The van der Waals surface area contributed by atoms with Crippen molar-refractivity contribution >= 4 is 5.97 Å². The molecular weight excluding hydrogens is 290 g/mol. The Morgan fingerprint density at radius 2 is 1.83 bits per heavy atom. The summed E-state index contributed by atoms with van der Waals surface area (Å²) in [4.78, 5) is 11.1. The van der Waals surface area contributed by atoms with Crippen LogP contribution >= 0.6 is 0 Å². The molecule has 5 nitrogen and oxygen atoms in total. The number of carboxylic acid groups (broad SMARTS) is 1. The van der Waals surface area contributed by atoms with Crippen molar-refractivity contribution in [3.8, 4) is 28.6 Å². The monoisotopic (exact) mass is 303 g/mol. The summed E-state index contributed by atoms with van der Waals surface area (Å²) >= 11 is 0. The summed E-state index contributed by atoms with van der Waals surface area (Å²) in [6.07, 6.45) is 0. The van der Waals surface area contributed by atoms with Crippen LogP contribution in [0.15, 0.2) is 60.7 Å². The highest BCUT2D eigenvalue weighted by Crippen LogP contribution is 2.26. The number of nitrogens with zero attached hydrogens (tertiary/aromatic N) is 3. The lowest BCUT2D eigenvalue weighted by atomic mass is 10.1. The molecule has 23 heavy (non-hydrogen) atoms. The minimum absolute atomic E-state index is 0.237. The maximum Gasteiger partial charge on any atom is 0.325 e. The molecule has 0 radical (unpaired) electrons. The predicted octanol–water partition coefficient (Wildman–Crippen LogP) is 3.17. The van der Waals surface area contributed by atoms with Crippen molar-refractivity contribution in [2.45, 2.75) is 6.54 Å². The number of hydrogen-bond donors (Lipinski definition) is 1. The van der Waals surface area contributed by atoms with Crippen LogP contribution in [0.1, 0.15) is 5.56 Å². The first-order valence-corrected chi connectivity index (χ1v) is 7.03. The number of rotatable bonds is 4. The Morgan fingerprint density at radius 3 is 2.52 bits per heavy atom. The Labute approximate surface area is 133 Å². The molecule has 5 heteroatoms. The maximum atomic E-state index is 11.1. The number of aromatic nitrogens is 2. The molecule has 0 aliphatic rings. The molecule has 0 unspecified atom stereocenters. The molecule has 112 valence electrons. The van der Waals surface area contributed by atoms with Crippen LogP contribution in [-0.4, -0.2) is 20.9 Å². The van der Waals surface area contributed by atoms with E-state index in [0.29, 0.717) is 17.0 Å². The highest BCUT2D eigenvalue weighted by atomic mass is 16.4. The van der Waals surface area contributed by atoms with Crippen LogP contribution in [0.4, 0.5) is 0 Å². The van der Waals surface area contributed by atoms with Crippen LogP contribution in [0, 0.1) is 11.3 Å². The van der Waals surface area contributed by atoms with Gasteiger partial charge in [0, 0.05) is 11.1 Å². The molecule has 1 N–H and O–H groups in total. The summed E-state index contributed by atoms with van der Waals surface area (Å²) in [5.41, 5.74) is 3.56. The van der Waals surface area contributed by atoms with Gasteiger partial charge in [-0.1, -0.05) is 42.5 Å². The first-order valence-electron chi connectivity index (χ1n) is 7.03. The topological polar surface area (TPSA) is 78.9 Å². The molecule has 0 saturated carbocycles. The first kappa shape index (κ1) is 14.5. The summed E-state index contributed by atoms with van der Waals surface area (Å²) in [5, 5.41) is 22.6. The molecule has 0 aliphatic heterocycles. The van der Waals surface area contributed by atoms with E-state index in [4.69, 9.17) is 10.4 Å². The van der Waals surface area contributed by atoms with Crippen molar-refractivity contribution in [1.82, 2.24) is 9.78 Å². The molecule has 2 aromatic carbocycles. The smallest absolute Gasteiger partial charge is 0.325 e. The molecule has 0 aliphatic carbocycles. The second-order valence-corrected chi connectivity index (χ2v) is 5.02. The van der Waals surface area contributed by atoms with E-state index in [0.717, 1.165) is 11.1 Å². The van der Waals surface area contributed by atoms with Gasteiger partial charge in [0.05, 0.1) is 23.0 Å². The van der Waals surface area contributed by atoms with E-state index in [1.165, 1.54) is 4.68 Å². The van der Waals surface area contributed by atoms with E-state index >= 15 is 0 Å². The second-order valence-electron chi connectivity index (χ2n) is 5.02. The highest BCUT2D eigenvalue weighted by molar-refractivity contribution is 5.72. The lowest BCUT2D eigenvalue weighted by Crippen LogP contribution is -2.11. The zero-order valence-corrected chi connectivity index (χ0v) is 12.2. The third-order valence-electron chi connectivity index (χ3n) is 3.42. The lowest BCUT2D eigenvalue weighted by Gasteiger charge is -2.04. The third kappa shape index (κ3) is 3.11. The zero-order valence-electron chi connectivity index (χ0n) is 12.2. The van der Waals surface area contributed by atoms with E-state index in [2.05, 4.69) is 11.2 Å². The number of benzene rings is 2. The Bertz CT molecular complexity index is 892. The fourth-order valence-corrected chi connectivity index (χ4v) is 2.40. The molecule has 0 amide bonds. The van der Waals surface area contributed by atoms with Gasteiger partial charge in [-0.15, -0.1) is 0 Å². The van der Waals surface area contributed by atoms with Crippen LogP contribution in [0.3, 0.4) is 0 Å². The van der Waals surface area contributed by atoms with Gasteiger partial charge < -0.3 is 5.11 Å². The van der Waals surface area contributed by atoms with Gasteiger partial charge in [0.15, 0.2) is 0 Å². The summed E-state index contributed by atoms with van der Waals surface area (Å²) in [6, 6.07) is 20.5. The van der Waals surface area contributed by atoms with Crippen molar-refractivity contribution < 1.29 is 9.90 Å². The number of carbonyl (C=O) groups is 1. The van der Waals surface area contributed by atoms with Gasteiger partial charge in [-0.25, -0.2) is 0 Å². The summed E-state index contributed by atoms with van der Waals surface area (Å²) in [5.74, 6) is -0.967. The Morgan fingerprint density at radius 1 is 1.09 bits per heavy atom. The molecule has 3 rings (SSSR count).